The largest absolute Gasteiger partial charge is 0.273 e. The van der Waals surface area contributed by atoms with Crippen LogP contribution in [0.1, 0.15) is 31.2 Å². The molecule has 0 radical (unpaired) electrons. The molecule has 2 fully saturated rings. The molecule has 104 valence electrons. The van der Waals surface area contributed by atoms with Crippen LogP contribution in [0.5, 0.6) is 0 Å². The van der Waals surface area contributed by atoms with Crippen LogP contribution in [0.4, 0.5) is 5.69 Å². The van der Waals surface area contributed by atoms with Gasteiger partial charge in [0.1, 0.15) is 0 Å². The molecule has 0 spiro atoms. The molecule has 2 aliphatic carbocycles. The highest BCUT2D eigenvalue weighted by molar-refractivity contribution is 9.10. The number of fused-ring (bicyclic) bond motifs is 2. The predicted molar refractivity (Wildman–Crippen MR) is 78.0 cm³/mol. The summed E-state index contributed by atoms with van der Waals surface area (Å²) in [4.78, 5) is 10.9. The molecule has 1 aromatic carbocycles. The quantitative estimate of drug-likeness (QED) is 0.613. The Labute approximate surface area is 126 Å². The number of benzene rings is 1. The lowest BCUT2D eigenvalue weighted by Gasteiger charge is -2.30. The molecule has 4 nitrogen and oxygen atoms in total. The lowest BCUT2D eigenvalue weighted by molar-refractivity contribution is -0.385. The Balaban J connectivity index is 1.95. The first-order chi connectivity index (χ1) is 9.54. The second kappa shape index (κ2) is 4.85. The summed E-state index contributed by atoms with van der Waals surface area (Å²) in [5.41, 5.74) is 0.422. The summed E-state index contributed by atoms with van der Waals surface area (Å²) < 4.78 is 0.701. The van der Waals surface area contributed by atoms with Gasteiger partial charge in [0, 0.05) is 16.1 Å². The molecule has 0 saturated heterocycles. The van der Waals surface area contributed by atoms with E-state index in [1.807, 2.05) is 6.07 Å². The first-order valence-electron chi connectivity index (χ1n) is 6.88. The first-order valence-corrected chi connectivity index (χ1v) is 7.67. The fourth-order valence-electron chi connectivity index (χ4n) is 4.03. The average molecular weight is 335 g/mol. The number of nitrogens with zero attached hydrogens (tertiary/aromatic N) is 2. The summed E-state index contributed by atoms with van der Waals surface area (Å²) in [5, 5.41) is 20.9. The van der Waals surface area contributed by atoms with Crippen molar-refractivity contribution in [3.05, 3.63) is 38.3 Å². The van der Waals surface area contributed by atoms with E-state index in [2.05, 4.69) is 22.0 Å². The SMILES string of the molecule is N#CC1(Cc2ccc(Br)cc2[N+](=O)[O-])CC2CCC1C2. The Hall–Kier alpha value is -1.41. The lowest BCUT2D eigenvalue weighted by atomic mass is 9.70. The molecule has 0 N–H and O–H groups in total. The standard InChI is InChI=1S/C15H15BrN2O2/c16-13-4-2-11(14(6-13)18(19)20)8-15(9-17)7-10-1-3-12(15)5-10/h2,4,6,10,12H,1,3,5,7-8H2. The molecule has 2 aliphatic rings. The van der Waals surface area contributed by atoms with Gasteiger partial charge in [-0.15, -0.1) is 0 Å². The molecule has 0 heterocycles. The van der Waals surface area contributed by atoms with Gasteiger partial charge in [0.2, 0.25) is 0 Å². The second-order valence-corrected chi connectivity index (χ2v) is 6.97. The molecule has 5 heteroatoms. The highest BCUT2D eigenvalue weighted by atomic mass is 79.9. The van der Waals surface area contributed by atoms with Crippen LogP contribution in [0.15, 0.2) is 22.7 Å². The Bertz CT molecular complexity index is 610. The molecule has 20 heavy (non-hydrogen) atoms. The zero-order valence-electron chi connectivity index (χ0n) is 11.0. The summed E-state index contributed by atoms with van der Waals surface area (Å²) in [7, 11) is 0. The number of hydrogen-bond donors (Lipinski definition) is 0. The van der Waals surface area contributed by atoms with Gasteiger partial charge in [0.05, 0.1) is 16.4 Å². The van der Waals surface area contributed by atoms with Crippen molar-refractivity contribution in [1.82, 2.24) is 0 Å². The van der Waals surface area contributed by atoms with E-state index in [1.54, 1.807) is 6.07 Å². The van der Waals surface area contributed by atoms with Crippen LogP contribution in [0.2, 0.25) is 0 Å². The van der Waals surface area contributed by atoms with E-state index in [-0.39, 0.29) is 16.0 Å². The van der Waals surface area contributed by atoms with Gasteiger partial charge in [-0.05, 0) is 43.6 Å². The highest BCUT2D eigenvalue weighted by Crippen LogP contribution is 2.57. The minimum absolute atomic E-state index is 0.122. The minimum atomic E-state index is -0.387. The van der Waals surface area contributed by atoms with Gasteiger partial charge in [-0.2, -0.15) is 5.26 Å². The third-order valence-electron chi connectivity index (χ3n) is 4.95. The Morgan fingerprint density at radius 3 is 2.85 bits per heavy atom. The molecule has 0 aliphatic heterocycles. The van der Waals surface area contributed by atoms with Crippen LogP contribution in [0.25, 0.3) is 0 Å². The predicted octanol–water partition coefficient (Wildman–Crippen LogP) is 4.23. The van der Waals surface area contributed by atoms with Crippen molar-refractivity contribution >= 4 is 21.6 Å². The van der Waals surface area contributed by atoms with E-state index in [1.165, 1.54) is 12.5 Å². The van der Waals surface area contributed by atoms with Crippen LogP contribution < -0.4 is 0 Å². The summed E-state index contributed by atoms with van der Waals surface area (Å²) in [6.45, 7) is 0. The van der Waals surface area contributed by atoms with E-state index in [4.69, 9.17) is 0 Å². The summed E-state index contributed by atoms with van der Waals surface area (Å²) in [6, 6.07) is 7.64. The summed E-state index contributed by atoms with van der Waals surface area (Å²) in [6.07, 6.45) is 4.85. The van der Waals surface area contributed by atoms with Crippen molar-refractivity contribution in [1.29, 1.82) is 5.26 Å². The summed E-state index contributed by atoms with van der Waals surface area (Å²) >= 11 is 3.27. The number of hydrogen-bond acceptors (Lipinski definition) is 3. The van der Waals surface area contributed by atoms with Crippen molar-refractivity contribution in [2.24, 2.45) is 17.3 Å². The fraction of sp³-hybridized carbons (Fsp3) is 0.533. The molecule has 2 saturated carbocycles. The second-order valence-electron chi connectivity index (χ2n) is 6.05. The van der Waals surface area contributed by atoms with Crippen LogP contribution in [-0.2, 0) is 6.42 Å². The van der Waals surface area contributed by atoms with Gasteiger partial charge in [-0.25, -0.2) is 0 Å². The molecular weight excluding hydrogens is 320 g/mol. The maximum absolute atomic E-state index is 11.2. The van der Waals surface area contributed by atoms with E-state index < -0.39 is 0 Å². The maximum atomic E-state index is 11.2. The maximum Gasteiger partial charge on any atom is 0.273 e. The molecular formula is C15H15BrN2O2. The molecule has 0 amide bonds. The van der Waals surface area contributed by atoms with Crippen LogP contribution >= 0.6 is 15.9 Å². The third-order valence-corrected chi connectivity index (χ3v) is 5.44. The molecule has 1 aromatic rings. The number of nitro benzene ring substituents is 1. The van der Waals surface area contributed by atoms with Gasteiger partial charge in [-0.1, -0.05) is 28.4 Å². The smallest absolute Gasteiger partial charge is 0.258 e. The first kappa shape index (κ1) is 13.6. The molecule has 2 bridgehead atoms. The number of nitriles is 1. The number of nitro groups is 1. The topological polar surface area (TPSA) is 66.9 Å². The van der Waals surface area contributed by atoms with Crippen molar-refractivity contribution in [2.75, 3.05) is 0 Å². The van der Waals surface area contributed by atoms with Crippen molar-refractivity contribution in [3.63, 3.8) is 0 Å². The normalized spacial score (nSPS) is 31.2. The highest BCUT2D eigenvalue weighted by Gasteiger charge is 2.51. The van der Waals surface area contributed by atoms with Gasteiger partial charge < -0.3 is 0 Å². The third kappa shape index (κ3) is 2.12. The van der Waals surface area contributed by atoms with Crippen molar-refractivity contribution < 1.29 is 4.92 Å². The van der Waals surface area contributed by atoms with Crippen LogP contribution in [-0.4, -0.2) is 4.92 Å². The lowest BCUT2D eigenvalue weighted by Crippen LogP contribution is -2.28. The minimum Gasteiger partial charge on any atom is -0.258 e. The Morgan fingerprint density at radius 2 is 2.30 bits per heavy atom. The summed E-state index contributed by atoms with van der Waals surface area (Å²) in [5.74, 6) is 1.06. The average Bonchev–Trinajstić information content (AvgIpc) is 3.01. The van der Waals surface area contributed by atoms with Crippen molar-refractivity contribution in [3.8, 4) is 6.07 Å². The van der Waals surface area contributed by atoms with Gasteiger partial charge >= 0.3 is 0 Å². The molecule has 3 rings (SSSR count). The Kier molecular flexibility index (Phi) is 3.29. The van der Waals surface area contributed by atoms with E-state index in [0.717, 1.165) is 19.3 Å². The van der Waals surface area contributed by atoms with Gasteiger partial charge in [0.25, 0.3) is 5.69 Å². The Morgan fingerprint density at radius 1 is 1.50 bits per heavy atom. The van der Waals surface area contributed by atoms with Crippen molar-refractivity contribution in [2.45, 2.75) is 32.1 Å². The van der Waals surface area contributed by atoms with E-state index >= 15 is 0 Å². The molecule has 3 unspecified atom stereocenters. The van der Waals surface area contributed by atoms with Gasteiger partial charge in [-0.3, -0.25) is 10.1 Å². The number of halogens is 1. The zero-order chi connectivity index (χ0) is 14.3. The van der Waals surface area contributed by atoms with Gasteiger partial charge in [0.15, 0.2) is 0 Å². The monoisotopic (exact) mass is 334 g/mol. The van der Waals surface area contributed by atoms with Crippen LogP contribution in [0.3, 0.4) is 0 Å². The number of rotatable bonds is 3. The zero-order valence-corrected chi connectivity index (χ0v) is 12.6. The molecule has 0 aromatic heterocycles. The van der Waals surface area contributed by atoms with E-state index in [0.29, 0.717) is 28.3 Å². The fourth-order valence-corrected chi connectivity index (χ4v) is 4.38. The van der Waals surface area contributed by atoms with E-state index in [9.17, 15) is 15.4 Å². The molecule has 3 atom stereocenters. The van der Waals surface area contributed by atoms with Crippen LogP contribution in [0, 0.1) is 38.7 Å².